The third-order valence-electron chi connectivity index (χ3n) is 4.52. The summed E-state index contributed by atoms with van der Waals surface area (Å²) < 4.78 is 5.28. The van der Waals surface area contributed by atoms with Gasteiger partial charge < -0.3 is 19.8 Å². The predicted molar refractivity (Wildman–Crippen MR) is 105 cm³/mol. The number of ether oxygens (including phenoxy) is 1. The number of pyridine rings is 2. The van der Waals surface area contributed by atoms with Gasteiger partial charge in [0, 0.05) is 17.3 Å². The summed E-state index contributed by atoms with van der Waals surface area (Å²) in [4.78, 5) is 20.8. The Hall–Kier alpha value is -2.52. The topological polar surface area (TPSA) is 66.2 Å². The maximum atomic E-state index is 11.9. The van der Waals surface area contributed by atoms with Gasteiger partial charge in [0.15, 0.2) is 0 Å². The SMILES string of the molecule is C[N-]C(=O)c1cccc(C(C)(C)c2[c-]c(-c3cc(OC)ccn3)ccc2)n1.[Pt+2]. The number of aromatic nitrogens is 2. The molecule has 0 aliphatic carbocycles. The monoisotopic (exact) mass is 554 g/mol. The number of carbonyl (C=O) groups excluding carboxylic acids is 1. The minimum atomic E-state index is -0.446. The van der Waals surface area contributed by atoms with Crippen molar-refractivity contribution in [2.45, 2.75) is 19.3 Å². The second kappa shape index (κ2) is 9.11. The van der Waals surface area contributed by atoms with Crippen LogP contribution in [0.1, 0.15) is 35.6 Å². The molecule has 0 N–H and O–H groups in total. The quantitative estimate of drug-likeness (QED) is 0.438. The Bertz CT molecular complexity index is 973. The maximum absolute atomic E-state index is 11.9. The van der Waals surface area contributed by atoms with Gasteiger partial charge in [0.05, 0.1) is 12.8 Å². The standard InChI is InChI=1S/C22H22N3O2.Pt/c1-22(2,20-10-6-9-18(25-20)21(26)23-3)16-8-5-7-15(13-16)19-14-17(27-4)11-12-24-19;/h5-12,14H,1-4H3,(H,23,26);/q-1;+2/p-1. The van der Waals surface area contributed by atoms with Gasteiger partial charge in [-0.25, -0.2) is 0 Å². The van der Waals surface area contributed by atoms with E-state index in [9.17, 15) is 4.79 Å². The molecule has 3 rings (SSSR count). The number of hydrogen-bond acceptors (Lipinski definition) is 4. The molecule has 28 heavy (non-hydrogen) atoms. The first-order valence-corrected chi connectivity index (χ1v) is 8.60. The van der Waals surface area contributed by atoms with Crippen LogP contribution in [-0.2, 0) is 26.5 Å². The number of benzene rings is 1. The fourth-order valence-corrected chi connectivity index (χ4v) is 2.82. The third kappa shape index (κ3) is 4.48. The molecule has 0 fully saturated rings. The summed E-state index contributed by atoms with van der Waals surface area (Å²) in [5.41, 5.74) is 3.29. The molecular formula is C22H21N3O2Pt. The fraction of sp³-hybridized carbons (Fsp3) is 0.227. The van der Waals surface area contributed by atoms with Crippen molar-refractivity contribution in [3.63, 3.8) is 0 Å². The van der Waals surface area contributed by atoms with Crippen LogP contribution >= 0.6 is 0 Å². The van der Waals surface area contributed by atoms with Crippen LogP contribution in [0.15, 0.2) is 54.7 Å². The largest absolute Gasteiger partial charge is 2.00 e. The maximum Gasteiger partial charge on any atom is 2.00 e. The molecule has 0 aliphatic rings. The van der Waals surface area contributed by atoms with E-state index < -0.39 is 5.41 Å². The van der Waals surface area contributed by atoms with Crippen molar-refractivity contribution in [3.8, 4) is 17.0 Å². The Morgan fingerprint density at radius 1 is 1.14 bits per heavy atom. The molecule has 5 nitrogen and oxygen atoms in total. The minimum absolute atomic E-state index is 0. The van der Waals surface area contributed by atoms with Crippen molar-refractivity contribution in [2.24, 2.45) is 0 Å². The number of hydrogen-bond donors (Lipinski definition) is 0. The van der Waals surface area contributed by atoms with Crippen molar-refractivity contribution in [2.75, 3.05) is 14.2 Å². The van der Waals surface area contributed by atoms with E-state index in [2.05, 4.69) is 35.2 Å². The van der Waals surface area contributed by atoms with E-state index in [1.54, 1.807) is 19.4 Å². The normalized spacial score (nSPS) is 10.7. The number of carbonyl (C=O) groups is 1. The molecular weight excluding hydrogens is 533 g/mol. The molecule has 0 spiro atoms. The molecule has 0 bridgehead atoms. The van der Waals surface area contributed by atoms with Crippen LogP contribution in [-0.4, -0.2) is 30.0 Å². The van der Waals surface area contributed by atoms with Crippen molar-refractivity contribution in [1.82, 2.24) is 9.97 Å². The smallest absolute Gasteiger partial charge is 0.650 e. The molecule has 0 atom stereocenters. The van der Waals surface area contributed by atoms with Gasteiger partial charge in [0.2, 0.25) is 0 Å². The molecule has 6 heteroatoms. The molecule has 1 amide bonds. The first-order chi connectivity index (χ1) is 13.0. The molecule has 0 aliphatic heterocycles. The Balaban J connectivity index is 0.00000280. The molecule has 146 valence electrons. The zero-order valence-electron chi connectivity index (χ0n) is 16.2. The molecule has 0 unspecified atom stereocenters. The van der Waals surface area contributed by atoms with E-state index in [4.69, 9.17) is 4.74 Å². The summed E-state index contributed by atoms with van der Waals surface area (Å²) in [6, 6.07) is 18.5. The van der Waals surface area contributed by atoms with Crippen molar-refractivity contribution in [3.05, 3.63) is 83.1 Å². The predicted octanol–water partition coefficient (Wildman–Crippen LogP) is 4.42. The van der Waals surface area contributed by atoms with Crippen LogP contribution in [0, 0.1) is 6.07 Å². The van der Waals surface area contributed by atoms with Crippen LogP contribution in [0.2, 0.25) is 0 Å². The Morgan fingerprint density at radius 3 is 2.61 bits per heavy atom. The average Bonchev–Trinajstić information content (AvgIpc) is 2.73. The van der Waals surface area contributed by atoms with E-state index in [1.165, 1.54) is 7.05 Å². The van der Waals surface area contributed by atoms with Gasteiger partial charge >= 0.3 is 21.1 Å². The summed E-state index contributed by atoms with van der Waals surface area (Å²) in [5, 5.41) is 3.70. The van der Waals surface area contributed by atoms with E-state index in [-0.39, 0.29) is 27.0 Å². The summed E-state index contributed by atoms with van der Waals surface area (Å²) >= 11 is 0. The summed E-state index contributed by atoms with van der Waals surface area (Å²) in [7, 11) is 3.10. The van der Waals surface area contributed by atoms with Crippen LogP contribution < -0.4 is 4.74 Å². The molecule has 2 aromatic heterocycles. The summed E-state index contributed by atoms with van der Waals surface area (Å²) in [5.74, 6) is 0.417. The molecule has 0 saturated carbocycles. The van der Waals surface area contributed by atoms with Crippen LogP contribution in [0.25, 0.3) is 16.6 Å². The molecule has 2 heterocycles. The van der Waals surface area contributed by atoms with Crippen LogP contribution in [0.4, 0.5) is 0 Å². The van der Waals surface area contributed by atoms with Crippen molar-refractivity contribution in [1.29, 1.82) is 0 Å². The van der Waals surface area contributed by atoms with E-state index in [0.717, 1.165) is 28.3 Å². The second-order valence-electron chi connectivity index (χ2n) is 6.62. The number of nitrogens with zero attached hydrogens (tertiary/aromatic N) is 3. The average molecular weight is 555 g/mol. The van der Waals surface area contributed by atoms with Gasteiger partial charge in [-0.05, 0) is 30.0 Å². The van der Waals surface area contributed by atoms with E-state index >= 15 is 0 Å². The van der Waals surface area contributed by atoms with Crippen molar-refractivity contribution >= 4 is 5.91 Å². The van der Waals surface area contributed by atoms with Crippen LogP contribution in [0.3, 0.4) is 0 Å². The van der Waals surface area contributed by atoms with Crippen LogP contribution in [0.5, 0.6) is 5.75 Å². The summed E-state index contributed by atoms with van der Waals surface area (Å²) in [6.45, 7) is 4.11. The molecule has 0 saturated heterocycles. The van der Waals surface area contributed by atoms with Gasteiger partial charge in [-0.1, -0.05) is 19.9 Å². The first kappa shape index (κ1) is 21.8. The van der Waals surface area contributed by atoms with Crippen molar-refractivity contribution < 1.29 is 30.6 Å². The molecule has 3 aromatic rings. The number of amides is 1. The van der Waals surface area contributed by atoms with Gasteiger partial charge in [0.1, 0.15) is 11.7 Å². The van der Waals surface area contributed by atoms with E-state index in [1.807, 2.05) is 42.5 Å². The van der Waals surface area contributed by atoms with Gasteiger partial charge in [0.25, 0.3) is 0 Å². The summed E-state index contributed by atoms with van der Waals surface area (Å²) in [6.07, 6.45) is 1.71. The van der Waals surface area contributed by atoms with Gasteiger partial charge in [-0.2, -0.15) is 0 Å². The molecule has 0 radical (unpaired) electrons. The zero-order chi connectivity index (χ0) is 19.4. The molecule has 1 aromatic carbocycles. The Morgan fingerprint density at radius 2 is 1.89 bits per heavy atom. The number of rotatable bonds is 5. The fourth-order valence-electron chi connectivity index (χ4n) is 2.82. The first-order valence-electron chi connectivity index (χ1n) is 8.60. The van der Waals surface area contributed by atoms with Gasteiger partial charge in [-0.15, -0.1) is 42.4 Å². The Kier molecular flexibility index (Phi) is 7.09. The Labute approximate surface area is 179 Å². The second-order valence-corrected chi connectivity index (χ2v) is 6.62. The third-order valence-corrected chi connectivity index (χ3v) is 4.52. The zero-order valence-corrected chi connectivity index (χ0v) is 18.4. The van der Waals surface area contributed by atoms with Gasteiger partial charge in [-0.3, -0.25) is 4.98 Å². The minimum Gasteiger partial charge on any atom is -0.650 e. The van der Waals surface area contributed by atoms with E-state index in [0.29, 0.717) is 5.69 Å². The number of methoxy groups -OCH3 is 1.